The second-order valence-electron chi connectivity index (χ2n) is 3.70. The first-order valence-corrected chi connectivity index (χ1v) is 5.40. The summed E-state index contributed by atoms with van der Waals surface area (Å²) in [6.45, 7) is 1.78. The molecule has 1 aromatic heterocycles. The molecule has 17 heavy (non-hydrogen) atoms. The van der Waals surface area contributed by atoms with Crippen LogP contribution in [-0.4, -0.2) is 9.91 Å². The monoisotopic (exact) mass is 228 g/mol. The third kappa shape index (κ3) is 2.47. The number of hydrogen-bond acceptors (Lipinski definition) is 3. The van der Waals surface area contributed by atoms with E-state index in [0.717, 1.165) is 16.5 Å². The Labute approximate surface area is 98.8 Å². The molecule has 0 saturated heterocycles. The summed E-state index contributed by atoms with van der Waals surface area (Å²) < 4.78 is 0. The summed E-state index contributed by atoms with van der Waals surface area (Å²) >= 11 is 0. The zero-order valence-electron chi connectivity index (χ0n) is 9.46. The molecule has 0 spiro atoms. The fourth-order valence-electron chi connectivity index (χ4n) is 1.66. The predicted octanol–water partition coefficient (Wildman–Crippen LogP) is 3.26. The van der Waals surface area contributed by atoms with E-state index in [1.165, 1.54) is 0 Å². The minimum absolute atomic E-state index is 0.216. The van der Waals surface area contributed by atoms with Crippen molar-refractivity contribution in [2.45, 2.75) is 13.3 Å². The summed E-state index contributed by atoms with van der Waals surface area (Å²) in [6.07, 6.45) is 3.75. The first kappa shape index (κ1) is 11.3. The molecule has 0 N–H and O–H groups in total. The summed E-state index contributed by atoms with van der Waals surface area (Å²) in [5, 5.41) is 11.7. The van der Waals surface area contributed by atoms with Crippen LogP contribution in [-0.2, 0) is 0 Å². The Balaban J connectivity index is 2.46. The summed E-state index contributed by atoms with van der Waals surface area (Å²) in [6, 6.07) is 9.41. The van der Waals surface area contributed by atoms with E-state index in [2.05, 4.69) is 4.98 Å². The molecule has 86 valence electrons. The van der Waals surface area contributed by atoms with Crippen molar-refractivity contribution in [3.63, 3.8) is 0 Å². The summed E-state index contributed by atoms with van der Waals surface area (Å²) in [5.74, 6) is 0. The van der Waals surface area contributed by atoms with Gasteiger partial charge in [0.2, 0.25) is 5.70 Å². The van der Waals surface area contributed by atoms with E-state index in [-0.39, 0.29) is 10.6 Å². The van der Waals surface area contributed by atoms with Gasteiger partial charge >= 0.3 is 0 Å². The standard InChI is InChI=1S/C13H12N2O2/c1-2-12(15(16)17)9-10-5-6-13-11(8-10)4-3-7-14-13/h3-9H,2H2,1H3. The topological polar surface area (TPSA) is 56.0 Å². The molecular formula is C13H12N2O2. The van der Waals surface area contributed by atoms with Gasteiger partial charge in [-0.05, 0) is 23.8 Å². The lowest BCUT2D eigenvalue weighted by atomic mass is 10.1. The number of allylic oxidation sites excluding steroid dienone is 1. The van der Waals surface area contributed by atoms with E-state index >= 15 is 0 Å². The number of rotatable bonds is 3. The van der Waals surface area contributed by atoms with E-state index in [0.29, 0.717) is 6.42 Å². The first-order valence-electron chi connectivity index (χ1n) is 5.40. The van der Waals surface area contributed by atoms with Crippen LogP contribution in [0, 0.1) is 10.1 Å². The zero-order valence-corrected chi connectivity index (χ0v) is 9.46. The lowest BCUT2D eigenvalue weighted by molar-refractivity contribution is -0.425. The highest BCUT2D eigenvalue weighted by atomic mass is 16.6. The molecule has 0 radical (unpaired) electrons. The molecule has 0 amide bonds. The average Bonchev–Trinajstić information content (AvgIpc) is 2.35. The van der Waals surface area contributed by atoms with Crippen molar-refractivity contribution in [3.05, 3.63) is 57.9 Å². The molecule has 0 fully saturated rings. The Kier molecular flexibility index (Phi) is 3.14. The van der Waals surface area contributed by atoms with Crippen LogP contribution in [0.2, 0.25) is 0 Å². The maximum atomic E-state index is 10.7. The number of pyridine rings is 1. The molecule has 0 aliphatic carbocycles. The minimum Gasteiger partial charge on any atom is -0.259 e. The Morgan fingerprint density at radius 3 is 3.00 bits per heavy atom. The third-order valence-electron chi connectivity index (χ3n) is 2.56. The van der Waals surface area contributed by atoms with Gasteiger partial charge in [0.15, 0.2) is 0 Å². The summed E-state index contributed by atoms with van der Waals surface area (Å²) in [5.41, 5.74) is 1.94. The minimum atomic E-state index is -0.340. The van der Waals surface area contributed by atoms with Crippen LogP contribution < -0.4 is 0 Å². The van der Waals surface area contributed by atoms with Gasteiger partial charge in [0.25, 0.3) is 0 Å². The number of aromatic nitrogens is 1. The average molecular weight is 228 g/mol. The summed E-state index contributed by atoms with van der Waals surface area (Å²) in [4.78, 5) is 14.6. The van der Waals surface area contributed by atoms with Crippen LogP contribution in [0.5, 0.6) is 0 Å². The van der Waals surface area contributed by atoms with Crippen molar-refractivity contribution >= 4 is 17.0 Å². The van der Waals surface area contributed by atoms with Crippen molar-refractivity contribution in [3.8, 4) is 0 Å². The Morgan fingerprint density at radius 1 is 1.47 bits per heavy atom. The number of benzene rings is 1. The van der Waals surface area contributed by atoms with Gasteiger partial charge in [-0.15, -0.1) is 0 Å². The molecule has 1 heterocycles. The van der Waals surface area contributed by atoms with E-state index in [4.69, 9.17) is 0 Å². The molecule has 2 rings (SSSR count). The van der Waals surface area contributed by atoms with Gasteiger partial charge < -0.3 is 0 Å². The molecule has 0 saturated carbocycles. The molecular weight excluding hydrogens is 216 g/mol. The molecule has 0 unspecified atom stereocenters. The van der Waals surface area contributed by atoms with Crippen LogP contribution in [0.3, 0.4) is 0 Å². The highest BCUT2D eigenvalue weighted by Gasteiger charge is 2.07. The van der Waals surface area contributed by atoms with Crippen molar-refractivity contribution in [1.29, 1.82) is 0 Å². The van der Waals surface area contributed by atoms with Gasteiger partial charge in [0.05, 0.1) is 10.4 Å². The van der Waals surface area contributed by atoms with Crippen LogP contribution in [0.1, 0.15) is 18.9 Å². The molecule has 0 aliphatic rings. The fourth-order valence-corrected chi connectivity index (χ4v) is 1.66. The van der Waals surface area contributed by atoms with Gasteiger partial charge in [0, 0.05) is 24.1 Å². The molecule has 0 atom stereocenters. The lowest BCUT2D eigenvalue weighted by Gasteiger charge is -1.99. The second kappa shape index (κ2) is 4.74. The molecule has 4 nitrogen and oxygen atoms in total. The van der Waals surface area contributed by atoms with Gasteiger partial charge in [-0.25, -0.2) is 0 Å². The van der Waals surface area contributed by atoms with Crippen molar-refractivity contribution < 1.29 is 4.92 Å². The van der Waals surface area contributed by atoms with Crippen LogP contribution in [0.4, 0.5) is 0 Å². The molecule has 0 bridgehead atoms. The van der Waals surface area contributed by atoms with Crippen molar-refractivity contribution in [2.75, 3.05) is 0 Å². The highest BCUT2D eigenvalue weighted by molar-refractivity contribution is 5.81. The SMILES string of the molecule is CCC(=Cc1ccc2ncccc2c1)[N+](=O)[O-]. The number of hydrogen-bond donors (Lipinski definition) is 0. The third-order valence-corrected chi connectivity index (χ3v) is 2.56. The Hall–Kier alpha value is -2.23. The van der Waals surface area contributed by atoms with E-state index in [1.807, 2.05) is 30.3 Å². The summed E-state index contributed by atoms with van der Waals surface area (Å²) in [7, 11) is 0. The predicted molar refractivity (Wildman–Crippen MR) is 67.0 cm³/mol. The van der Waals surface area contributed by atoms with E-state index < -0.39 is 0 Å². The van der Waals surface area contributed by atoms with Gasteiger partial charge in [-0.2, -0.15) is 0 Å². The van der Waals surface area contributed by atoms with Crippen molar-refractivity contribution in [2.24, 2.45) is 0 Å². The Bertz CT molecular complexity index is 591. The van der Waals surface area contributed by atoms with Gasteiger partial charge in [0.1, 0.15) is 0 Å². The quantitative estimate of drug-likeness (QED) is 0.598. The molecule has 0 aliphatic heterocycles. The number of fused-ring (bicyclic) bond motifs is 1. The van der Waals surface area contributed by atoms with Gasteiger partial charge in [-0.1, -0.05) is 19.1 Å². The van der Waals surface area contributed by atoms with E-state index in [1.54, 1.807) is 19.2 Å². The molecule has 1 aromatic carbocycles. The number of nitrogens with zero attached hydrogens (tertiary/aromatic N) is 2. The van der Waals surface area contributed by atoms with Crippen molar-refractivity contribution in [1.82, 2.24) is 4.98 Å². The maximum Gasteiger partial charge on any atom is 0.246 e. The molecule has 2 aromatic rings. The first-order chi connectivity index (χ1) is 8.20. The smallest absolute Gasteiger partial charge is 0.246 e. The zero-order chi connectivity index (χ0) is 12.3. The molecule has 4 heteroatoms. The maximum absolute atomic E-state index is 10.7. The number of nitro groups is 1. The van der Waals surface area contributed by atoms with Gasteiger partial charge in [-0.3, -0.25) is 15.1 Å². The second-order valence-corrected chi connectivity index (χ2v) is 3.70. The normalized spacial score (nSPS) is 11.7. The van der Waals surface area contributed by atoms with Crippen LogP contribution >= 0.6 is 0 Å². The van der Waals surface area contributed by atoms with Crippen LogP contribution in [0.15, 0.2) is 42.2 Å². The largest absolute Gasteiger partial charge is 0.259 e. The fraction of sp³-hybridized carbons (Fsp3) is 0.154. The van der Waals surface area contributed by atoms with Crippen LogP contribution in [0.25, 0.3) is 17.0 Å². The van der Waals surface area contributed by atoms with E-state index in [9.17, 15) is 10.1 Å². The highest BCUT2D eigenvalue weighted by Crippen LogP contribution is 2.16. The lowest BCUT2D eigenvalue weighted by Crippen LogP contribution is -1.96. The Morgan fingerprint density at radius 2 is 2.29 bits per heavy atom.